The summed E-state index contributed by atoms with van der Waals surface area (Å²) in [7, 11) is 0. The molecule has 0 spiro atoms. The fraction of sp³-hybridized carbons (Fsp3) is 0.278. The Bertz CT molecular complexity index is 1000. The van der Waals surface area contributed by atoms with Crippen LogP contribution in [0.1, 0.15) is 6.92 Å². The van der Waals surface area contributed by atoms with Crippen molar-refractivity contribution in [1.82, 2.24) is 15.1 Å². The molecule has 0 saturated carbocycles. The Morgan fingerprint density at radius 1 is 1.24 bits per heavy atom. The minimum Gasteiger partial charge on any atom is -0.489 e. The predicted octanol–water partition coefficient (Wildman–Crippen LogP) is 3.34. The summed E-state index contributed by atoms with van der Waals surface area (Å²) in [5.74, 6) is -0.296. The summed E-state index contributed by atoms with van der Waals surface area (Å²) in [4.78, 5) is 8.32. The first kappa shape index (κ1) is 21.3. The molecule has 0 radical (unpaired) electrons. The van der Waals surface area contributed by atoms with Gasteiger partial charge in [0.2, 0.25) is 11.7 Å². The SMILES string of the molecule is CCOc1ncc(-c2nc(-c3cc(F)c(OC[C@H](N)CO)cc3Cl)no2)cc1Cl. The molecule has 1 aromatic carbocycles. The summed E-state index contributed by atoms with van der Waals surface area (Å²) in [5, 5.41) is 13.2. The zero-order valence-corrected chi connectivity index (χ0v) is 16.7. The highest BCUT2D eigenvalue weighted by Crippen LogP contribution is 2.34. The van der Waals surface area contributed by atoms with Crippen LogP contribution in [0.15, 0.2) is 28.9 Å². The normalized spacial score (nSPS) is 12.1. The van der Waals surface area contributed by atoms with E-state index in [1.807, 2.05) is 6.92 Å². The van der Waals surface area contributed by atoms with Crippen molar-refractivity contribution >= 4 is 23.2 Å². The van der Waals surface area contributed by atoms with Crippen LogP contribution in [-0.4, -0.2) is 46.1 Å². The third-order valence-corrected chi connectivity index (χ3v) is 4.29. The molecule has 0 aliphatic heterocycles. The smallest absolute Gasteiger partial charge is 0.259 e. The summed E-state index contributed by atoms with van der Waals surface area (Å²) in [5.41, 5.74) is 6.22. The molecule has 0 amide bonds. The zero-order valence-electron chi connectivity index (χ0n) is 15.2. The second-order valence-electron chi connectivity index (χ2n) is 5.88. The zero-order chi connectivity index (χ0) is 21.0. The van der Waals surface area contributed by atoms with Crippen molar-refractivity contribution in [3.63, 3.8) is 0 Å². The average molecular weight is 443 g/mol. The molecule has 8 nitrogen and oxygen atoms in total. The lowest BCUT2D eigenvalue weighted by molar-refractivity contribution is 0.202. The van der Waals surface area contributed by atoms with Crippen LogP contribution in [-0.2, 0) is 0 Å². The molecule has 2 aromatic heterocycles. The number of hydrogen-bond acceptors (Lipinski definition) is 8. The van der Waals surface area contributed by atoms with E-state index in [-0.39, 0.29) is 46.3 Å². The van der Waals surface area contributed by atoms with Crippen LogP contribution in [0.3, 0.4) is 0 Å². The van der Waals surface area contributed by atoms with Crippen molar-refractivity contribution in [2.24, 2.45) is 5.73 Å². The highest BCUT2D eigenvalue weighted by molar-refractivity contribution is 6.33. The second-order valence-corrected chi connectivity index (χ2v) is 6.70. The number of benzene rings is 1. The van der Waals surface area contributed by atoms with Crippen molar-refractivity contribution in [3.05, 3.63) is 40.3 Å². The predicted molar refractivity (Wildman–Crippen MR) is 105 cm³/mol. The molecule has 29 heavy (non-hydrogen) atoms. The van der Waals surface area contributed by atoms with Gasteiger partial charge < -0.3 is 24.8 Å². The van der Waals surface area contributed by atoms with E-state index in [0.717, 1.165) is 6.07 Å². The van der Waals surface area contributed by atoms with E-state index in [0.29, 0.717) is 18.1 Å². The number of hydrogen-bond donors (Lipinski definition) is 2. The minimum atomic E-state index is -0.688. The molecule has 2 heterocycles. The standard InChI is InChI=1S/C18H17Cl2FN4O4/c1-2-27-18-13(20)3-9(6-23-18)17-24-16(25-29-17)11-4-14(21)15(5-12(11)19)28-8-10(22)7-26/h3-6,10,26H,2,7-8,22H2,1H3/t10-/m1/s1. The molecule has 0 bridgehead atoms. The number of pyridine rings is 1. The number of halogens is 3. The maximum atomic E-state index is 14.4. The molecule has 0 aliphatic rings. The first-order chi connectivity index (χ1) is 13.9. The maximum Gasteiger partial charge on any atom is 0.259 e. The summed E-state index contributed by atoms with van der Waals surface area (Å²) in [6.45, 7) is 1.88. The van der Waals surface area contributed by atoms with Crippen molar-refractivity contribution < 1.29 is 23.5 Å². The second kappa shape index (κ2) is 9.36. The van der Waals surface area contributed by atoms with E-state index < -0.39 is 11.9 Å². The molecule has 3 N–H and O–H groups in total. The van der Waals surface area contributed by atoms with Crippen LogP contribution in [0, 0.1) is 5.82 Å². The van der Waals surface area contributed by atoms with Crippen molar-refractivity contribution in [2.75, 3.05) is 19.8 Å². The largest absolute Gasteiger partial charge is 0.489 e. The lowest BCUT2D eigenvalue weighted by atomic mass is 10.2. The van der Waals surface area contributed by atoms with Gasteiger partial charge in [0.15, 0.2) is 11.6 Å². The fourth-order valence-corrected chi connectivity index (χ4v) is 2.75. The van der Waals surface area contributed by atoms with Gasteiger partial charge >= 0.3 is 0 Å². The number of ether oxygens (including phenoxy) is 2. The van der Waals surface area contributed by atoms with E-state index in [4.69, 9.17) is 48.0 Å². The van der Waals surface area contributed by atoms with Crippen LogP contribution in [0.2, 0.25) is 10.0 Å². The lowest BCUT2D eigenvalue weighted by Gasteiger charge is -2.12. The summed E-state index contributed by atoms with van der Waals surface area (Å²) >= 11 is 12.3. The number of nitrogens with two attached hydrogens (primary N) is 1. The first-order valence-corrected chi connectivity index (χ1v) is 9.29. The Hall–Kier alpha value is -2.46. The molecule has 0 saturated heterocycles. The highest BCUT2D eigenvalue weighted by atomic mass is 35.5. The Morgan fingerprint density at radius 3 is 2.72 bits per heavy atom. The molecule has 0 aliphatic carbocycles. The van der Waals surface area contributed by atoms with Crippen LogP contribution >= 0.6 is 23.2 Å². The Kier molecular flexibility index (Phi) is 6.86. The molecular formula is C18H17Cl2FN4O4. The third-order valence-electron chi connectivity index (χ3n) is 3.71. The molecule has 3 rings (SSSR count). The first-order valence-electron chi connectivity index (χ1n) is 8.54. The number of rotatable bonds is 8. The Balaban J connectivity index is 1.85. The van der Waals surface area contributed by atoms with Crippen LogP contribution < -0.4 is 15.2 Å². The monoisotopic (exact) mass is 442 g/mol. The highest BCUT2D eigenvalue weighted by Gasteiger charge is 2.18. The number of nitrogens with zero attached hydrogens (tertiary/aromatic N) is 3. The molecule has 0 unspecified atom stereocenters. The van der Waals surface area contributed by atoms with Crippen molar-refractivity contribution in [1.29, 1.82) is 0 Å². The molecular weight excluding hydrogens is 426 g/mol. The topological polar surface area (TPSA) is 117 Å². The quantitative estimate of drug-likeness (QED) is 0.545. The van der Waals surface area contributed by atoms with Gasteiger partial charge in [0, 0.05) is 17.8 Å². The Labute approximate surface area is 175 Å². The van der Waals surface area contributed by atoms with Gasteiger partial charge in [-0.3, -0.25) is 0 Å². The van der Waals surface area contributed by atoms with E-state index in [9.17, 15) is 4.39 Å². The van der Waals surface area contributed by atoms with E-state index in [2.05, 4.69) is 15.1 Å². The number of aromatic nitrogens is 3. The van der Waals surface area contributed by atoms with Crippen molar-refractivity contribution in [3.8, 4) is 34.5 Å². The number of aliphatic hydroxyl groups is 1. The number of aliphatic hydroxyl groups excluding tert-OH is 1. The average Bonchev–Trinajstić information content (AvgIpc) is 3.19. The molecule has 0 fully saturated rings. The summed E-state index contributed by atoms with van der Waals surface area (Å²) in [6.07, 6.45) is 1.47. The van der Waals surface area contributed by atoms with Crippen LogP contribution in [0.25, 0.3) is 22.8 Å². The van der Waals surface area contributed by atoms with Gasteiger partial charge in [-0.05, 0) is 19.1 Å². The van der Waals surface area contributed by atoms with Gasteiger partial charge in [-0.2, -0.15) is 4.98 Å². The van der Waals surface area contributed by atoms with Crippen LogP contribution in [0.4, 0.5) is 4.39 Å². The molecule has 3 aromatic rings. The molecule has 154 valence electrons. The molecule has 11 heteroatoms. The summed E-state index contributed by atoms with van der Waals surface area (Å²) in [6, 6.07) is 3.34. The lowest BCUT2D eigenvalue weighted by Crippen LogP contribution is -2.31. The summed E-state index contributed by atoms with van der Waals surface area (Å²) < 4.78 is 30.1. The van der Waals surface area contributed by atoms with E-state index in [1.165, 1.54) is 12.3 Å². The minimum absolute atomic E-state index is 0.0685. The van der Waals surface area contributed by atoms with Crippen molar-refractivity contribution in [2.45, 2.75) is 13.0 Å². The third kappa shape index (κ3) is 4.94. The van der Waals surface area contributed by atoms with Gasteiger partial charge in [0.05, 0.1) is 29.8 Å². The van der Waals surface area contributed by atoms with Crippen LogP contribution in [0.5, 0.6) is 11.6 Å². The van der Waals surface area contributed by atoms with Gasteiger partial charge in [0.1, 0.15) is 11.6 Å². The van der Waals surface area contributed by atoms with Gasteiger partial charge in [-0.1, -0.05) is 28.4 Å². The van der Waals surface area contributed by atoms with E-state index >= 15 is 0 Å². The maximum absolute atomic E-state index is 14.4. The van der Waals surface area contributed by atoms with Gasteiger partial charge in [0.25, 0.3) is 5.89 Å². The molecule has 1 atom stereocenters. The fourth-order valence-electron chi connectivity index (χ4n) is 2.30. The van der Waals surface area contributed by atoms with Gasteiger partial charge in [-0.25, -0.2) is 9.37 Å². The van der Waals surface area contributed by atoms with E-state index in [1.54, 1.807) is 6.07 Å². The Morgan fingerprint density at radius 2 is 2.03 bits per heavy atom. The van der Waals surface area contributed by atoms with Gasteiger partial charge in [-0.15, -0.1) is 0 Å².